The summed E-state index contributed by atoms with van der Waals surface area (Å²) >= 11 is 19.5. The summed E-state index contributed by atoms with van der Waals surface area (Å²) in [5, 5.41) is 6.96. The first-order valence-corrected chi connectivity index (χ1v) is 14.6. The molecule has 11 heteroatoms. The second-order valence-corrected chi connectivity index (χ2v) is 11.9. The smallest absolute Gasteiger partial charge is 0.298 e. The number of hydrogen-bond donors (Lipinski definition) is 0. The fourth-order valence-electron chi connectivity index (χ4n) is 5.78. The number of carbonyl (C=O) groups is 1. The van der Waals surface area contributed by atoms with E-state index in [2.05, 4.69) is 35.7 Å². The zero-order chi connectivity index (χ0) is 29.0. The van der Waals surface area contributed by atoms with Gasteiger partial charge in [0.1, 0.15) is 11.3 Å². The van der Waals surface area contributed by atoms with Gasteiger partial charge in [0.15, 0.2) is 5.82 Å². The van der Waals surface area contributed by atoms with Crippen LogP contribution in [0.4, 0.5) is 10.2 Å². The van der Waals surface area contributed by atoms with Crippen LogP contribution in [0.15, 0.2) is 30.5 Å². The van der Waals surface area contributed by atoms with Gasteiger partial charge in [-0.05, 0) is 51.9 Å². The van der Waals surface area contributed by atoms with E-state index in [1.54, 1.807) is 36.1 Å². The summed E-state index contributed by atoms with van der Waals surface area (Å²) in [6.45, 7) is 4.34. The van der Waals surface area contributed by atoms with E-state index >= 15 is 4.39 Å². The predicted molar refractivity (Wildman–Crippen MR) is 163 cm³/mol. The van der Waals surface area contributed by atoms with E-state index < -0.39 is 5.82 Å². The van der Waals surface area contributed by atoms with Crippen molar-refractivity contribution in [3.63, 3.8) is 0 Å². The molecule has 6 rings (SSSR count). The fraction of sp³-hybridized carbons (Fsp3) is 0.367. The molecule has 0 atom stereocenters. The van der Waals surface area contributed by atoms with Crippen LogP contribution in [0.1, 0.15) is 25.8 Å². The lowest BCUT2D eigenvalue weighted by Gasteiger charge is -2.43. The predicted octanol–water partition coefficient (Wildman–Crippen LogP) is 6.29. The third-order valence-electron chi connectivity index (χ3n) is 8.14. The van der Waals surface area contributed by atoms with E-state index in [4.69, 9.17) is 44.9 Å². The Bertz CT molecular complexity index is 1750. The van der Waals surface area contributed by atoms with Gasteiger partial charge in [0, 0.05) is 48.7 Å². The van der Waals surface area contributed by atoms with Crippen LogP contribution in [0.25, 0.3) is 32.9 Å². The first-order valence-electron chi connectivity index (χ1n) is 13.5. The van der Waals surface area contributed by atoms with Gasteiger partial charge in [0.05, 0.1) is 38.2 Å². The number of carbonyl (C=O) groups excluding carboxylic acids is 1. The standard InChI is InChI=1S/C30H28Cl3FN6O/c1-4-6-24(41)38-11-9-17(10-12-38)40-29-20-13-23(32)25(19-7-5-8-22(31)26(19)33)27(34)28(20)36-30(21(29)14-35-40)39-15-18(16-39)37(2)3/h5,7-8,13-14,17-18H,9-12,15-16H2,1-3H3. The normalized spacial score (nSPS) is 16.4. The van der Waals surface area contributed by atoms with Crippen molar-refractivity contribution in [3.05, 3.63) is 51.3 Å². The van der Waals surface area contributed by atoms with Crippen LogP contribution in [-0.4, -0.2) is 76.8 Å². The topological polar surface area (TPSA) is 57.5 Å². The van der Waals surface area contributed by atoms with E-state index in [-0.39, 0.29) is 33.1 Å². The highest BCUT2D eigenvalue weighted by Gasteiger charge is 2.33. The van der Waals surface area contributed by atoms with Gasteiger partial charge in [-0.25, -0.2) is 9.37 Å². The molecule has 0 saturated carbocycles. The minimum atomic E-state index is -0.559. The third-order valence-corrected chi connectivity index (χ3v) is 9.26. The number of benzene rings is 2. The van der Waals surface area contributed by atoms with E-state index in [1.165, 1.54) is 0 Å². The molecule has 0 unspecified atom stereocenters. The summed E-state index contributed by atoms with van der Waals surface area (Å²) in [6.07, 6.45) is 3.21. The molecular weight excluding hydrogens is 586 g/mol. The Morgan fingerprint density at radius 2 is 1.83 bits per heavy atom. The highest BCUT2D eigenvalue weighted by molar-refractivity contribution is 6.44. The van der Waals surface area contributed by atoms with Crippen molar-refractivity contribution in [1.82, 2.24) is 24.6 Å². The molecule has 2 fully saturated rings. The number of halogens is 4. The zero-order valence-corrected chi connectivity index (χ0v) is 25.2. The second-order valence-electron chi connectivity index (χ2n) is 10.8. The SMILES string of the molecule is CC#CC(=O)N1CCC(n2ncc3c(N4CC(N(C)C)C4)nc4c(F)c(-c5cccc(Cl)c5Cl)c(Cl)cc4c32)CC1. The first-order chi connectivity index (χ1) is 19.7. The summed E-state index contributed by atoms with van der Waals surface area (Å²) in [6, 6.07) is 7.20. The molecule has 0 spiro atoms. The fourth-order valence-corrected chi connectivity index (χ4v) is 6.46. The number of rotatable bonds is 4. The molecule has 7 nitrogen and oxygen atoms in total. The number of nitrogens with zero attached hydrogens (tertiary/aromatic N) is 6. The van der Waals surface area contributed by atoms with Gasteiger partial charge in [-0.1, -0.05) is 52.9 Å². The number of amides is 1. The number of likely N-dealkylation sites (tertiary alicyclic amines) is 1. The van der Waals surface area contributed by atoms with Crippen molar-refractivity contribution < 1.29 is 9.18 Å². The van der Waals surface area contributed by atoms with Crippen LogP contribution in [-0.2, 0) is 4.79 Å². The molecule has 41 heavy (non-hydrogen) atoms. The highest BCUT2D eigenvalue weighted by atomic mass is 35.5. The lowest BCUT2D eigenvalue weighted by molar-refractivity contribution is -0.126. The average Bonchev–Trinajstić information content (AvgIpc) is 3.36. The van der Waals surface area contributed by atoms with Crippen LogP contribution in [0.5, 0.6) is 0 Å². The molecule has 2 saturated heterocycles. The van der Waals surface area contributed by atoms with E-state index in [0.29, 0.717) is 53.8 Å². The Balaban J connectivity index is 1.52. The molecule has 2 aromatic carbocycles. The second kappa shape index (κ2) is 11.0. The summed E-state index contributed by atoms with van der Waals surface area (Å²) in [5.41, 5.74) is 1.54. The summed E-state index contributed by atoms with van der Waals surface area (Å²) in [4.78, 5) is 23.3. The summed E-state index contributed by atoms with van der Waals surface area (Å²) in [5.74, 6) is 5.27. The number of likely N-dealkylation sites (N-methyl/N-ethyl adjacent to an activating group) is 1. The maximum atomic E-state index is 16.6. The molecule has 1 amide bonds. The minimum absolute atomic E-state index is 0.0133. The van der Waals surface area contributed by atoms with Gasteiger partial charge >= 0.3 is 0 Å². The zero-order valence-electron chi connectivity index (χ0n) is 22.9. The molecule has 0 radical (unpaired) electrons. The van der Waals surface area contributed by atoms with E-state index in [0.717, 1.165) is 24.0 Å². The van der Waals surface area contributed by atoms with Gasteiger partial charge in [0.2, 0.25) is 0 Å². The number of anilines is 1. The minimum Gasteiger partial charge on any atom is -0.353 e. The Labute approximate surface area is 252 Å². The molecule has 4 aromatic rings. The molecule has 2 aromatic heterocycles. The van der Waals surface area contributed by atoms with Crippen molar-refractivity contribution in [3.8, 4) is 23.0 Å². The van der Waals surface area contributed by atoms with Crippen molar-refractivity contribution in [2.45, 2.75) is 31.8 Å². The monoisotopic (exact) mass is 612 g/mol. The molecule has 212 valence electrons. The maximum absolute atomic E-state index is 16.6. The van der Waals surface area contributed by atoms with Gasteiger partial charge in [-0.3, -0.25) is 9.48 Å². The Morgan fingerprint density at radius 1 is 1.10 bits per heavy atom. The van der Waals surface area contributed by atoms with Crippen LogP contribution in [0.3, 0.4) is 0 Å². The Hall–Kier alpha value is -3.09. The van der Waals surface area contributed by atoms with Crippen molar-refractivity contribution in [2.75, 3.05) is 45.2 Å². The van der Waals surface area contributed by atoms with Gasteiger partial charge in [0.25, 0.3) is 5.91 Å². The van der Waals surface area contributed by atoms with Crippen LogP contribution >= 0.6 is 34.8 Å². The number of piperidine rings is 1. The number of aromatic nitrogens is 3. The number of hydrogen-bond acceptors (Lipinski definition) is 5. The summed E-state index contributed by atoms with van der Waals surface area (Å²) < 4.78 is 18.5. The Morgan fingerprint density at radius 3 is 2.51 bits per heavy atom. The molecule has 2 aliphatic heterocycles. The number of fused-ring (bicyclic) bond motifs is 3. The molecule has 4 heterocycles. The molecule has 0 N–H and O–H groups in total. The largest absolute Gasteiger partial charge is 0.353 e. The van der Waals surface area contributed by atoms with Gasteiger partial charge in [-0.2, -0.15) is 5.10 Å². The molecular formula is C30H28Cl3FN6O. The quantitative estimate of drug-likeness (QED) is 0.253. The van der Waals surface area contributed by atoms with E-state index in [9.17, 15) is 4.79 Å². The lowest BCUT2D eigenvalue weighted by Crippen LogP contribution is -2.57. The van der Waals surface area contributed by atoms with Gasteiger partial charge in [-0.15, -0.1) is 0 Å². The molecule has 2 aliphatic rings. The average molecular weight is 614 g/mol. The maximum Gasteiger partial charge on any atom is 0.298 e. The lowest BCUT2D eigenvalue weighted by atomic mass is 10.00. The highest BCUT2D eigenvalue weighted by Crippen LogP contribution is 2.44. The number of pyridine rings is 1. The Kier molecular flexibility index (Phi) is 7.50. The van der Waals surface area contributed by atoms with Crippen LogP contribution in [0.2, 0.25) is 15.1 Å². The van der Waals surface area contributed by atoms with Crippen molar-refractivity contribution >= 4 is 68.3 Å². The van der Waals surface area contributed by atoms with Crippen LogP contribution < -0.4 is 4.90 Å². The third kappa shape index (κ3) is 4.79. The van der Waals surface area contributed by atoms with Crippen molar-refractivity contribution in [1.29, 1.82) is 0 Å². The first kappa shape index (κ1) is 28.0. The van der Waals surface area contributed by atoms with Gasteiger partial charge < -0.3 is 14.7 Å². The van der Waals surface area contributed by atoms with Crippen molar-refractivity contribution in [2.24, 2.45) is 0 Å². The summed E-state index contributed by atoms with van der Waals surface area (Å²) in [7, 11) is 4.10. The van der Waals surface area contributed by atoms with E-state index in [1.807, 2.05) is 10.9 Å². The van der Waals surface area contributed by atoms with Crippen LogP contribution in [0, 0.1) is 17.7 Å². The molecule has 0 aliphatic carbocycles. The molecule has 0 bridgehead atoms.